The van der Waals surface area contributed by atoms with Crippen LogP contribution in [0.25, 0.3) is 0 Å². The number of unbranched alkanes of at least 4 members (excludes halogenated alkanes) is 4. The van der Waals surface area contributed by atoms with Crippen LogP contribution in [0.5, 0.6) is 0 Å². The normalized spacial score (nSPS) is 9.45. The highest BCUT2D eigenvalue weighted by atomic mass is 31.2. The van der Waals surface area contributed by atoms with Gasteiger partial charge in [0.1, 0.15) is 0 Å². The number of hydrogen-bond donors (Lipinski definition) is 12. The summed E-state index contributed by atoms with van der Waals surface area (Å²) >= 11 is 0. The summed E-state index contributed by atoms with van der Waals surface area (Å²) in [5.41, 5.74) is 0. The van der Waals surface area contributed by atoms with Crippen LogP contribution in [0.1, 0.15) is 79.1 Å². The van der Waals surface area contributed by atoms with Gasteiger partial charge in [-0.05, 0) is 25.7 Å². The van der Waals surface area contributed by atoms with Crippen molar-refractivity contribution in [1.82, 2.24) is 0 Å². The van der Waals surface area contributed by atoms with E-state index in [9.17, 15) is 0 Å². The fourth-order valence-electron chi connectivity index (χ4n) is 2.64. The van der Waals surface area contributed by atoms with Gasteiger partial charge in [0.2, 0.25) is 0 Å². The summed E-state index contributed by atoms with van der Waals surface area (Å²) in [4.78, 5) is 0. The molecule has 12 nitrogen and oxygen atoms in total. The smallest absolute Gasteiger partial charge is 0.402 e. The zero-order chi connectivity index (χ0) is 27.3. The Kier molecular flexibility index (Phi) is 45.1. The maximum atomic E-state index is 7.17. The molecule has 0 saturated carbocycles. The minimum atomic E-state index is -2.17. The van der Waals surface area contributed by atoms with Gasteiger partial charge >= 0.3 is 29.3 Å². The van der Waals surface area contributed by atoms with Crippen molar-refractivity contribution in [2.24, 2.45) is 0 Å². The van der Waals surface area contributed by atoms with Gasteiger partial charge < -0.3 is 60.3 Å². The Morgan fingerprint density at radius 2 is 0.485 bits per heavy atom. The molecule has 200 valence electrons. The van der Waals surface area contributed by atoms with Crippen LogP contribution in [0.3, 0.4) is 0 Å². The van der Waals surface area contributed by atoms with Crippen LogP contribution in [0.4, 0.5) is 0 Å². The molecule has 33 heavy (non-hydrogen) atoms. The molecule has 0 aromatic rings. The monoisotopic (exact) mass is 507 g/mol. The first kappa shape index (κ1) is 43.3. The van der Waals surface area contributed by atoms with Crippen molar-refractivity contribution in [2.75, 3.05) is 24.6 Å². The zero-order valence-electron chi connectivity index (χ0n) is 20.6. The van der Waals surface area contributed by atoms with Crippen molar-refractivity contribution in [3.05, 3.63) is 0 Å². The van der Waals surface area contributed by atoms with Gasteiger partial charge in [0.25, 0.3) is 0 Å². The van der Waals surface area contributed by atoms with Crippen LogP contribution >= 0.6 is 7.26 Å². The van der Waals surface area contributed by atoms with E-state index in [-0.39, 0.29) is 0 Å². The summed E-state index contributed by atoms with van der Waals surface area (Å²) in [6.07, 6.45) is 17.9. The van der Waals surface area contributed by atoms with Crippen molar-refractivity contribution in [3.63, 3.8) is 0 Å². The maximum Gasteiger partial charge on any atom is 0.631 e. The molecule has 12 N–H and O–H groups in total. The van der Waals surface area contributed by atoms with Crippen LogP contribution in [-0.2, 0) is 0 Å². The van der Waals surface area contributed by atoms with Crippen LogP contribution in [-0.4, -0.2) is 114 Å². The molecular weight excluding hydrogens is 458 g/mol. The standard InChI is InChI=1S/C16H36P.4BH3O3/c1-5-9-13-17(14-10-6-2,15-11-7-3)16-12-8-4;4*2-1(3)4/h5-16H2,1-4H3;4*2-4H/q+1;;;;. The Morgan fingerprint density at radius 1 is 0.364 bits per heavy atom. The second-order valence-electron chi connectivity index (χ2n) is 7.04. The van der Waals surface area contributed by atoms with E-state index in [0.717, 1.165) is 0 Å². The third kappa shape index (κ3) is 72.0. The molecule has 0 aliphatic heterocycles. The molecule has 0 saturated heterocycles. The van der Waals surface area contributed by atoms with Gasteiger partial charge in [0.05, 0.1) is 24.6 Å². The van der Waals surface area contributed by atoms with E-state index in [1.54, 1.807) is 24.6 Å². The quantitative estimate of drug-likeness (QED) is 0.101. The van der Waals surface area contributed by atoms with Crippen LogP contribution < -0.4 is 0 Å². The summed E-state index contributed by atoms with van der Waals surface area (Å²) in [6, 6.07) is 0. The van der Waals surface area contributed by atoms with Crippen LogP contribution in [0, 0.1) is 0 Å². The van der Waals surface area contributed by atoms with Crippen molar-refractivity contribution in [2.45, 2.75) is 79.1 Å². The van der Waals surface area contributed by atoms with E-state index >= 15 is 0 Å². The maximum absolute atomic E-state index is 7.17. The van der Waals surface area contributed by atoms with Gasteiger partial charge in [-0.1, -0.05) is 53.4 Å². The predicted molar refractivity (Wildman–Crippen MR) is 136 cm³/mol. The molecule has 0 heterocycles. The first-order valence-electron chi connectivity index (χ1n) is 11.2. The third-order valence-electron chi connectivity index (χ3n) is 3.94. The molecule has 0 amide bonds. The lowest BCUT2D eigenvalue weighted by Crippen LogP contribution is -2.12. The molecule has 0 aliphatic rings. The van der Waals surface area contributed by atoms with Crippen LogP contribution in [0.2, 0.25) is 0 Å². The molecule has 0 rings (SSSR count). The van der Waals surface area contributed by atoms with E-state index < -0.39 is 36.5 Å². The Labute approximate surface area is 201 Å². The summed E-state index contributed by atoms with van der Waals surface area (Å²) < 4.78 is 0. The molecule has 0 spiro atoms. The molecule has 17 heteroatoms. The number of hydrogen-bond acceptors (Lipinski definition) is 12. The topological polar surface area (TPSA) is 243 Å². The van der Waals surface area contributed by atoms with E-state index in [4.69, 9.17) is 60.3 Å². The molecule has 0 aromatic heterocycles. The molecular formula is C16H48B4O12P+. The van der Waals surface area contributed by atoms with E-state index in [0.29, 0.717) is 0 Å². The SMILES string of the molecule is CCCC[P+](CCCC)(CCCC)CCCC.OB(O)O.OB(O)O.OB(O)O.OB(O)O. The first-order valence-corrected chi connectivity index (χ1v) is 13.7. The Balaban J connectivity index is -0.000000132. The van der Waals surface area contributed by atoms with Gasteiger partial charge in [0.15, 0.2) is 0 Å². The van der Waals surface area contributed by atoms with Gasteiger partial charge in [-0.15, -0.1) is 0 Å². The molecule has 0 aliphatic carbocycles. The Morgan fingerprint density at radius 3 is 0.576 bits per heavy atom. The van der Waals surface area contributed by atoms with E-state index in [2.05, 4.69) is 27.7 Å². The molecule has 0 fully saturated rings. The predicted octanol–water partition coefficient (Wildman–Crippen LogP) is -2.00. The molecule has 0 aromatic carbocycles. The number of rotatable bonds is 12. The lowest BCUT2D eigenvalue weighted by atomic mass is 10.3. The van der Waals surface area contributed by atoms with Gasteiger partial charge in [-0.25, -0.2) is 0 Å². The largest absolute Gasteiger partial charge is 0.631 e. The average Bonchev–Trinajstić information content (AvgIpc) is 2.65. The Hall–Kier alpha value is 0.210. The summed E-state index contributed by atoms with van der Waals surface area (Å²) in [7, 11) is -9.23. The van der Waals surface area contributed by atoms with Gasteiger partial charge in [-0.3, -0.25) is 0 Å². The summed E-state index contributed by atoms with van der Waals surface area (Å²) in [5, 5.41) is 86.0. The highest BCUT2D eigenvalue weighted by Gasteiger charge is 2.34. The zero-order valence-corrected chi connectivity index (χ0v) is 21.5. The van der Waals surface area contributed by atoms with Gasteiger partial charge in [-0.2, -0.15) is 0 Å². The minimum absolute atomic E-state index is 0.562. The fraction of sp³-hybridized carbons (Fsp3) is 1.00. The van der Waals surface area contributed by atoms with E-state index in [1.807, 2.05) is 0 Å². The molecule has 0 radical (unpaired) electrons. The van der Waals surface area contributed by atoms with Crippen molar-refractivity contribution < 1.29 is 60.3 Å². The lowest BCUT2D eigenvalue weighted by molar-refractivity contribution is 0.276. The van der Waals surface area contributed by atoms with Crippen LogP contribution in [0.15, 0.2) is 0 Å². The highest BCUT2D eigenvalue weighted by Crippen LogP contribution is 2.61. The van der Waals surface area contributed by atoms with Crippen molar-refractivity contribution >= 4 is 36.5 Å². The van der Waals surface area contributed by atoms with Crippen molar-refractivity contribution in [1.29, 1.82) is 0 Å². The second-order valence-corrected chi connectivity index (χ2v) is 11.5. The van der Waals surface area contributed by atoms with E-state index in [1.165, 1.54) is 51.4 Å². The Bertz CT molecular complexity index is 263. The first-order chi connectivity index (χ1) is 15.2. The average molecular weight is 507 g/mol. The molecule has 0 unspecified atom stereocenters. The molecule has 0 atom stereocenters. The second kappa shape index (κ2) is 34.4. The highest BCUT2D eigenvalue weighted by molar-refractivity contribution is 7.75. The van der Waals surface area contributed by atoms with Crippen molar-refractivity contribution in [3.8, 4) is 0 Å². The summed E-state index contributed by atoms with van der Waals surface area (Å²) in [6.45, 7) is 9.42. The third-order valence-corrected chi connectivity index (χ3v) is 9.00. The van der Waals surface area contributed by atoms with Gasteiger partial charge in [0, 0.05) is 7.26 Å². The minimum Gasteiger partial charge on any atom is -0.402 e. The lowest BCUT2D eigenvalue weighted by Gasteiger charge is -2.28. The fourth-order valence-corrected chi connectivity index (χ4v) is 7.93. The molecule has 0 bridgehead atoms. The summed E-state index contributed by atoms with van der Waals surface area (Å²) in [5.74, 6) is 0.